The molecule has 140 valence electrons. The summed E-state index contributed by atoms with van der Waals surface area (Å²) in [5.41, 5.74) is 3.63. The Labute approximate surface area is 177 Å². The van der Waals surface area contributed by atoms with Crippen molar-refractivity contribution in [1.82, 2.24) is 5.32 Å². The van der Waals surface area contributed by atoms with Crippen molar-refractivity contribution in [3.05, 3.63) is 98.5 Å². The van der Waals surface area contributed by atoms with E-state index in [1.807, 2.05) is 42.5 Å². The van der Waals surface area contributed by atoms with Crippen molar-refractivity contribution in [2.75, 3.05) is 5.32 Å². The van der Waals surface area contributed by atoms with E-state index < -0.39 is 0 Å². The van der Waals surface area contributed by atoms with Gasteiger partial charge in [-0.3, -0.25) is 4.79 Å². The first kappa shape index (κ1) is 19.9. The van der Waals surface area contributed by atoms with Crippen LogP contribution in [0.15, 0.2) is 71.2 Å². The highest BCUT2D eigenvalue weighted by molar-refractivity contribution is 9.10. The smallest absolute Gasteiger partial charge is 0.253 e. The van der Waals surface area contributed by atoms with Gasteiger partial charge in [-0.25, -0.2) is 0 Å². The molecule has 6 heteroatoms. The Balaban J connectivity index is 1.73. The Kier molecular flexibility index (Phi) is 6.70. The molecule has 0 bridgehead atoms. The van der Waals surface area contributed by atoms with Gasteiger partial charge in [0.15, 0.2) is 0 Å². The topological polar surface area (TPSA) is 64.9 Å². The van der Waals surface area contributed by atoms with Gasteiger partial charge in [0.2, 0.25) is 0 Å². The molecule has 0 aliphatic heterocycles. The molecule has 1 amide bonds. The van der Waals surface area contributed by atoms with E-state index in [0.29, 0.717) is 34.9 Å². The summed E-state index contributed by atoms with van der Waals surface area (Å²) in [4.78, 5) is 12.7. The van der Waals surface area contributed by atoms with E-state index in [4.69, 9.17) is 16.9 Å². The first-order valence-electron chi connectivity index (χ1n) is 8.61. The predicted octanol–water partition coefficient (Wildman–Crippen LogP) is 5.52. The molecule has 0 heterocycles. The van der Waals surface area contributed by atoms with E-state index in [1.165, 1.54) is 0 Å². The van der Waals surface area contributed by atoms with Crippen LogP contribution >= 0.6 is 27.5 Å². The number of halogens is 2. The Morgan fingerprint density at radius 1 is 1.04 bits per heavy atom. The van der Waals surface area contributed by atoms with Crippen LogP contribution in [-0.4, -0.2) is 5.91 Å². The lowest BCUT2D eigenvalue weighted by atomic mass is 10.1. The molecule has 0 aliphatic carbocycles. The number of amides is 1. The summed E-state index contributed by atoms with van der Waals surface area (Å²) < 4.78 is 0.868. The highest BCUT2D eigenvalue weighted by Crippen LogP contribution is 2.24. The van der Waals surface area contributed by atoms with Gasteiger partial charge >= 0.3 is 0 Å². The monoisotopic (exact) mass is 453 g/mol. The van der Waals surface area contributed by atoms with Crippen molar-refractivity contribution < 1.29 is 4.79 Å². The van der Waals surface area contributed by atoms with Crippen molar-refractivity contribution in [2.45, 2.75) is 13.1 Å². The summed E-state index contributed by atoms with van der Waals surface area (Å²) in [5.74, 6) is -0.198. The molecule has 3 rings (SSSR count). The maximum atomic E-state index is 12.7. The number of nitrogens with zero attached hydrogens (tertiary/aromatic N) is 1. The standard InChI is InChI=1S/C22H17BrClN3O/c23-18-8-9-19(21(11-18)26-14-17-6-1-2-7-20(17)24)22(28)27-13-16-5-3-4-15(10-16)12-25/h1-11,26H,13-14H2,(H,27,28). The maximum absolute atomic E-state index is 12.7. The lowest BCUT2D eigenvalue weighted by Crippen LogP contribution is -2.24. The first-order valence-corrected chi connectivity index (χ1v) is 9.78. The zero-order chi connectivity index (χ0) is 19.9. The van der Waals surface area contributed by atoms with Crippen LogP contribution in [-0.2, 0) is 13.1 Å². The quantitative estimate of drug-likeness (QED) is 0.516. The zero-order valence-electron chi connectivity index (χ0n) is 14.9. The number of benzene rings is 3. The summed E-state index contributed by atoms with van der Waals surface area (Å²) in [6.07, 6.45) is 0. The third-order valence-electron chi connectivity index (χ3n) is 4.16. The van der Waals surface area contributed by atoms with Crippen molar-refractivity contribution in [3.63, 3.8) is 0 Å². The van der Waals surface area contributed by atoms with Crippen LogP contribution in [0.25, 0.3) is 0 Å². The van der Waals surface area contributed by atoms with Gasteiger partial charge < -0.3 is 10.6 Å². The first-order chi connectivity index (χ1) is 13.6. The van der Waals surface area contributed by atoms with Gasteiger partial charge in [0.05, 0.1) is 17.2 Å². The third-order valence-corrected chi connectivity index (χ3v) is 5.02. The number of carbonyl (C=O) groups excluding carboxylic acids is 1. The van der Waals surface area contributed by atoms with Crippen molar-refractivity contribution >= 4 is 39.1 Å². The zero-order valence-corrected chi connectivity index (χ0v) is 17.2. The van der Waals surface area contributed by atoms with Gasteiger partial charge in [0.1, 0.15) is 0 Å². The van der Waals surface area contributed by atoms with Gasteiger partial charge in [-0.05, 0) is 47.5 Å². The minimum Gasteiger partial charge on any atom is -0.380 e. The number of nitriles is 1. The molecule has 3 aromatic rings. The van der Waals surface area contributed by atoms with Crippen LogP contribution < -0.4 is 10.6 Å². The van der Waals surface area contributed by atoms with Crippen molar-refractivity contribution in [1.29, 1.82) is 5.26 Å². The molecule has 28 heavy (non-hydrogen) atoms. The minimum absolute atomic E-state index is 0.198. The Morgan fingerprint density at radius 2 is 1.86 bits per heavy atom. The summed E-state index contributed by atoms with van der Waals surface area (Å²) in [5, 5.41) is 15.9. The fraction of sp³-hybridized carbons (Fsp3) is 0.0909. The van der Waals surface area contributed by atoms with Crippen LogP contribution in [0, 0.1) is 11.3 Å². The van der Waals surface area contributed by atoms with E-state index in [0.717, 1.165) is 15.6 Å². The van der Waals surface area contributed by atoms with Gasteiger partial charge in [-0.15, -0.1) is 0 Å². The number of anilines is 1. The largest absolute Gasteiger partial charge is 0.380 e. The molecule has 0 atom stereocenters. The molecule has 0 saturated heterocycles. The molecule has 0 unspecified atom stereocenters. The molecule has 0 aromatic heterocycles. The SMILES string of the molecule is N#Cc1cccc(CNC(=O)c2ccc(Br)cc2NCc2ccccc2Cl)c1. The molecule has 0 spiro atoms. The van der Waals surface area contributed by atoms with Crippen LogP contribution in [0.4, 0.5) is 5.69 Å². The van der Waals surface area contributed by atoms with E-state index in [2.05, 4.69) is 32.6 Å². The summed E-state index contributed by atoms with van der Waals surface area (Å²) in [6.45, 7) is 0.842. The summed E-state index contributed by atoms with van der Waals surface area (Å²) >= 11 is 9.66. The molecule has 0 fully saturated rings. The van der Waals surface area contributed by atoms with E-state index in [1.54, 1.807) is 24.3 Å². The van der Waals surface area contributed by atoms with Gasteiger partial charge in [0, 0.05) is 28.3 Å². The molecular formula is C22H17BrClN3O. The van der Waals surface area contributed by atoms with Crippen LogP contribution in [0.3, 0.4) is 0 Å². The van der Waals surface area contributed by atoms with Crippen LogP contribution in [0.5, 0.6) is 0 Å². The number of hydrogen-bond acceptors (Lipinski definition) is 3. The summed E-state index contributed by atoms with van der Waals surface area (Å²) in [7, 11) is 0. The second kappa shape index (κ2) is 9.41. The lowest BCUT2D eigenvalue weighted by molar-refractivity contribution is 0.0951. The second-order valence-corrected chi connectivity index (χ2v) is 7.45. The highest BCUT2D eigenvalue weighted by atomic mass is 79.9. The number of rotatable bonds is 6. The normalized spacial score (nSPS) is 10.2. The summed E-state index contributed by atoms with van der Waals surface area (Å²) in [6, 6.07) is 22.3. The van der Waals surface area contributed by atoms with Crippen molar-refractivity contribution in [2.24, 2.45) is 0 Å². The fourth-order valence-electron chi connectivity index (χ4n) is 2.72. The van der Waals surface area contributed by atoms with E-state index in [9.17, 15) is 4.79 Å². The number of hydrogen-bond donors (Lipinski definition) is 2. The number of nitrogens with one attached hydrogen (secondary N) is 2. The molecule has 0 radical (unpaired) electrons. The average Bonchev–Trinajstić information content (AvgIpc) is 2.71. The molecular weight excluding hydrogens is 438 g/mol. The highest BCUT2D eigenvalue weighted by Gasteiger charge is 2.12. The molecule has 3 aromatic carbocycles. The number of carbonyl (C=O) groups is 1. The van der Waals surface area contributed by atoms with E-state index >= 15 is 0 Å². The molecule has 0 aliphatic rings. The lowest BCUT2D eigenvalue weighted by Gasteiger charge is -2.14. The van der Waals surface area contributed by atoms with Gasteiger partial charge in [-0.2, -0.15) is 5.26 Å². The van der Waals surface area contributed by atoms with Crippen LogP contribution in [0.1, 0.15) is 27.0 Å². The molecule has 4 nitrogen and oxygen atoms in total. The maximum Gasteiger partial charge on any atom is 0.253 e. The van der Waals surface area contributed by atoms with E-state index in [-0.39, 0.29) is 5.91 Å². The van der Waals surface area contributed by atoms with Crippen LogP contribution in [0.2, 0.25) is 5.02 Å². The molecule has 2 N–H and O–H groups in total. The Hall–Kier alpha value is -2.81. The minimum atomic E-state index is -0.198. The predicted molar refractivity (Wildman–Crippen MR) is 115 cm³/mol. The van der Waals surface area contributed by atoms with Crippen molar-refractivity contribution in [3.8, 4) is 6.07 Å². The Bertz CT molecular complexity index is 1050. The third kappa shape index (κ3) is 5.13. The van der Waals surface area contributed by atoms with Gasteiger partial charge in [0.25, 0.3) is 5.91 Å². The van der Waals surface area contributed by atoms with Gasteiger partial charge in [-0.1, -0.05) is 57.9 Å². The second-order valence-electron chi connectivity index (χ2n) is 6.13. The fourth-order valence-corrected chi connectivity index (χ4v) is 3.28. The average molecular weight is 455 g/mol. The Morgan fingerprint density at radius 3 is 2.64 bits per heavy atom. The molecule has 0 saturated carbocycles.